The molecule has 3 saturated carbocycles. The number of aryl methyl sites for hydroxylation is 3. The van der Waals surface area contributed by atoms with Crippen molar-refractivity contribution < 1.29 is 67.6 Å². The number of aromatic carboxylic acids is 3. The number of halogens is 1. The number of benzene rings is 6. The first-order valence-corrected chi connectivity index (χ1v) is 40.6. The third-order valence-corrected chi connectivity index (χ3v) is 27.2. The number of aromatic nitrogens is 6. The van der Waals surface area contributed by atoms with Gasteiger partial charge in [0.05, 0.1) is 27.8 Å². The Labute approximate surface area is 660 Å². The molecule has 3 N–H and O–H groups in total. The molecule has 10 fully saturated rings. The average molecular weight is 1590 g/mol. The maximum Gasteiger partial charge on any atom is 0.494 e. The van der Waals surface area contributed by atoms with E-state index < -0.39 is 17.9 Å². The largest absolute Gasteiger partial charge is 0.494 e. The highest BCUT2D eigenvalue weighted by molar-refractivity contribution is 9.10. The summed E-state index contributed by atoms with van der Waals surface area (Å²) in [5.74, 6) is -0.678. The molecule has 6 aromatic carbocycles. The van der Waals surface area contributed by atoms with Crippen LogP contribution in [0.5, 0.6) is 0 Å². The van der Waals surface area contributed by atoms with Gasteiger partial charge in [0.15, 0.2) is 17.1 Å². The van der Waals surface area contributed by atoms with E-state index in [0.717, 1.165) is 172 Å². The minimum Gasteiger partial charge on any atom is -0.476 e. The van der Waals surface area contributed by atoms with E-state index in [2.05, 4.69) is 132 Å². The minimum absolute atomic E-state index is 0.0851. The number of fused-ring (bicyclic) bond motifs is 3. The molecule has 3 aliphatic carbocycles. The van der Waals surface area contributed by atoms with E-state index in [4.69, 9.17) is 28.6 Å². The summed E-state index contributed by atoms with van der Waals surface area (Å²) in [7, 11) is 4.97. The molecule has 9 aromatic rings. The van der Waals surface area contributed by atoms with E-state index in [1.165, 1.54) is 36.0 Å². The van der Waals surface area contributed by atoms with Crippen LogP contribution in [-0.4, -0.2) is 191 Å². The average Bonchev–Trinajstić information content (AvgIpc) is 1.58. The molecule has 3 spiro atoms. The second kappa shape index (κ2) is 30.3. The number of hydrogen-bond donors (Lipinski definition) is 3. The van der Waals surface area contributed by atoms with Gasteiger partial charge in [-0.1, -0.05) is 101 Å². The lowest BCUT2D eigenvalue weighted by molar-refractivity contribution is -0.143. The molecule has 10 heterocycles. The van der Waals surface area contributed by atoms with Crippen LogP contribution in [0.3, 0.4) is 0 Å². The van der Waals surface area contributed by atoms with Crippen LogP contribution in [0.15, 0.2) is 132 Å². The molecular formula is C87H99BBrN9O14. The summed E-state index contributed by atoms with van der Waals surface area (Å²) in [6, 6.07) is 43.4. The first-order valence-electron chi connectivity index (χ1n) is 39.8. The number of rotatable bonds is 12. The molecule has 19 rings (SSSR count). The fourth-order valence-corrected chi connectivity index (χ4v) is 19.2. The molecule has 586 valence electrons. The Morgan fingerprint density at radius 2 is 0.705 bits per heavy atom. The quantitative estimate of drug-likeness (QED) is 0.0959. The van der Waals surface area contributed by atoms with E-state index in [0.29, 0.717) is 63.4 Å². The van der Waals surface area contributed by atoms with Crippen molar-refractivity contribution in [1.29, 1.82) is 0 Å². The number of hydrogen-bond acceptors (Lipinski definition) is 14. The summed E-state index contributed by atoms with van der Waals surface area (Å²) < 4.78 is 34.9. The van der Waals surface area contributed by atoms with Crippen molar-refractivity contribution in [3.05, 3.63) is 166 Å². The number of carboxylic acids is 3. The van der Waals surface area contributed by atoms with Gasteiger partial charge < -0.3 is 53.5 Å². The van der Waals surface area contributed by atoms with Crippen LogP contribution in [0.1, 0.15) is 190 Å². The second-order valence-electron chi connectivity index (χ2n) is 33.8. The number of amides is 3. The van der Waals surface area contributed by atoms with Gasteiger partial charge in [-0.15, -0.1) is 0 Å². The number of carbonyl (C=O) groups excluding carboxylic acids is 3. The monoisotopic (exact) mass is 1580 g/mol. The normalized spacial score (nSPS) is 24.0. The van der Waals surface area contributed by atoms with Gasteiger partial charge in [0.1, 0.15) is 18.3 Å². The molecule has 7 saturated heterocycles. The Balaban J connectivity index is 0.000000117. The number of nitrogens with zero attached hydrogens (tertiary/aromatic N) is 9. The Hall–Kier alpha value is -9.11. The lowest BCUT2D eigenvalue weighted by Gasteiger charge is -2.34. The molecule has 1 unspecified atom stereocenters. The van der Waals surface area contributed by atoms with Gasteiger partial charge in [-0.25, -0.2) is 14.4 Å². The van der Waals surface area contributed by atoms with E-state index in [-0.39, 0.29) is 71.4 Å². The standard InChI is InChI=1S/2C27H29N3O4.C24H34BNO4.C9H7BrN2O2/c2*1-29-22-15-19(8-9-20(22)24(28-29)26(32)33)17-4-6-18(7-5-17)21-16-27(21)10-12-30(13-11-27)25(31)23-3-2-14-34-23;1-22(2)23(3,4)30-25(29-22)18-9-7-17(8-10-18)19-16-24(19)11-13-26(14-12-24)21(27)20-6-5-15-28-20;1-12-7-4-5(10)2-3-6(7)8(11-12)9(13)14/h2*4-9,15,21,23H,2-3,10-14,16H2,1H3,(H,32,33);7-10,19-20H,5-6,11-16H2,1-4H3;2-4H,1H3,(H,13,14)/t21-,23+;21-,23-;19?,20-;/m011./s1. The number of likely N-dealkylation sites (tertiary alicyclic amines) is 3. The van der Waals surface area contributed by atoms with Crippen molar-refractivity contribution >= 4 is 96.8 Å². The predicted molar refractivity (Wildman–Crippen MR) is 427 cm³/mol. The molecule has 23 nitrogen and oxygen atoms in total. The second-order valence-corrected chi connectivity index (χ2v) is 34.7. The third-order valence-electron chi connectivity index (χ3n) is 26.7. The van der Waals surface area contributed by atoms with Gasteiger partial charge in [0.25, 0.3) is 17.7 Å². The Kier molecular flexibility index (Phi) is 20.8. The van der Waals surface area contributed by atoms with Crippen LogP contribution in [0, 0.1) is 16.2 Å². The molecule has 7 aliphatic heterocycles. The van der Waals surface area contributed by atoms with Crippen LogP contribution in [0.2, 0.25) is 0 Å². The summed E-state index contributed by atoms with van der Waals surface area (Å²) >= 11 is 3.32. The maximum atomic E-state index is 12.7. The van der Waals surface area contributed by atoms with Crippen LogP contribution in [-0.2, 0) is 59.0 Å². The van der Waals surface area contributed by atoms with Gasteiger partial charge in [0, 0.05) is 101 Å². The van der Waals surface area contributed by atoms with Crippen LogP contribution >= 0.6 is 15.9 Å². The number of carbonyl (C=O) groups is 6. The zero-order chi connectivity index (χ0) is 78.3. The number of piperidine rings is 3. The van der Waals surface area contributed by atoms with Crippen LogP contribution < -0.4 is 5.46 Å². The summed E-state index contributed by atoms with van der Waals surface area (Å²) in [5, 5.41) is 41.8. The van der Waals surface area contributed by atoms with E-state index in [1.807, 2.05) is 57.2 Å². The minimum atomic E-state index is -1.01. The molecule has 3 amide bonds. The molecule has 0 radical (unpaired) electrons. The van der Waals surface area contributed by atoms with Crippen molar-refractivity contribution in [2.75, 3.05) is 59.1 Å². The Bertz CT molecular complexity index is 4870. The number of ether oxygens (including phenoxy) is 3. The third kappa shape index (κ3) is 15.0. The van der Waals surface area contributed by atoms with Gasteiger partial charge >= 0.3 is 25.0 Å². The lowest BCUT2D eigenvalue weighted by atomic mass is 9.78. The Morgan fingerprint density at radius 1 is 0.411 bits per heavy atom. The topological polar surface area (TPSA) is 272 Å². The predicted octanol–water partition coefficient (Wildman–Crippen LogP) is 13.7. The van der Waals surface area contributed by atoms with Crippen molar-refractivity contribution in [2.24, 2.45) is 37.4 Å². The molecule has 112 heavy (non-hydrogen) atoms. The SMILES string of the molecule is CC1(C)OB(c2ccc(C3CC34CCN(C(=O)[C@H]3CCCO3)CC4)cc2)OC1(C)C.Cn1nc(C(=O)O)c2ccc(-c3ccc([C@@H]4CC45CCN(C(=O)[C@H]4CCCO4)CC5)cc3)cc21.Cn1nc(C(=O)O)c2ccc(-c3ccc([C@H]4CC45CCN(C(=O)[C@H]4CCCO4)CC5)cc3)cc21.Cn1nc(C(=O)O)c2ccc(Br)cc21. The van der Waals surface area contributed by atoms with Gasteiger partial charge in [-0.2, -0.15) is 15.3 Å². The fraction of sp³-hybridized carbons (Fsp3) is 0.483. The molecule has 0 bridgehead atoms. The smallest absolute Gasteiger partial charge is 0.476 e. The maximum absolute atomic E-state index is 12.7. The first kappa shape index (κ1) is 76.9. The van der Waals surface area contributed by atoms with Gasteiger partial charge in [-0.05, 0) is 245 Å². The van der Waals surface area contributed by atoms with Crippen molar-refractivity contribution in [3.8, 4) is 22.3 Å². The first-order chi connectivity index (χ1) is 53.7. The number of carboxylic acid groups (broad SMARTS) is 3. The zero-order valence-electron chi connectivity index (χ0n) is 64.9. The van der Waals surface area contributed by atoms with Gasteiger partial charge in [0.2, 0.25) is 0 Å². The highest BCUT2D eigenvalue weighted by Crippen LogP contribution is 2.67. The highest BCUT2D eigenvalue weighted by atomic mass is 79.9. The van der Waals surface area contributed by atoms with E-state index >= 15 is 0 Å². The summed E-state index contributed by atoms with van der Waals surface area (Å²) in [6.07, 6.45) is 15.1. The summed E-state index contributed by atoms with van der Waals surface area (Å²) in [4.78, 5) is 77.7. The molecule has 3 aromatic heterocycles. The summed E-state index contributed by atoms with van der Waals surface area (Å²) in [6.45, 7) is 15.6. The molecule has 25 heteroatoms. The van der Waals surface area contributed by atoms with Crippen molar-refractivity contribution in [1.82, 2.24) is 44.0 Å². The van der Waals surface area contributed by atoms with Gasteiger partial charge in [-0.3, -0.25) is 28.4 Å². The van der Waals surface area contributed by atoms with E-state index in [9.17, 15) is 39.0 Å². The molecule has 10 aliphatic rings. The van der Waals surface area contributed by atoms with Crippen molar-refractivity contribution in [3.63, 3.8) is 0 Å². The molecular weight excluding hydrogens is 1490 g/mol. The Morgan fingerprint density at radius 3 is 1.01 bits per heavy atom. The van der Waals surface area contributed by atoms with Crippen LogP contribution in [0.25, 0.3) is 55.0 Å². The molecule has 6 atom stereocenters. The summed E-state index contributed by atoms with van der Waals surface area (Å²) in [5.41, 5.74) is 12.7. The lowest BCUT2D eigenvalue weighted by Crippen LogP contribution is -2.44. The van der Waals surface area contributed by atoms with Crippen molar-refractivity contribution in [2.45, 2.75) is 171 Å². The zero-order valence-corrected chi connectivity index (χ0v) is 66.5. The van der Waals surface area contributed by atoms with Crippen LogP contribution in [0.4, 0.5) is 0 Å². The highest BCUT2D eigenvalue weighted by Gasteiger charge is 2.59. The van der Waals surface area contributed by atoms with E-state index in [1.54, 1.807) is 47.3 Å². The fourth-order valence-electron chi connectivity index (χ4n) is 18.8.